The lowest BCUT2D eigenvalue weighted by Crippen LogP contribution is -2.44. The van der Waals surface area contributed by atoms with Gasteiger partial charge in [0.1, 0.15) is 0 Å². The van der Waals surface area contributed by atoms with Crippen LogP contribution in [-0.4, -0.2) is 0 Å². The van der Waals surface area contributed by atoms with Gasteiger partial charge in [-0.3, -0.25) is 0 Å². The van der Waals surface area contributed by atoms with E-state index in [1.54, 1.807) is 11.1 Å². The van der Waals surface area contributed by atoms with E-state index in [2.05, 4.69) is 78.0 Å². The molecule has 0 heteroatoms. The van der Waals surface area contributed by atoms with Crippen molar-refractivity contribution in [3.8, 4) is 0 Å². The third kappa shape index (κ3) is 3.73. The lowest BCUT2D eigenvalue weighted by molar-refractivity contribution is -0.00371. The van der Waals surface area contributed by atoms with E-state index in [0.717, 1.165) is 23.7 Å². The van der Waals surface area contributed by atoms with Crippen molar-refractivity contribution in [3.63, 3.8) is 0 Å². The van der Waals surface area contributed by atoms with Crippen LogP contribution in [0.25, 0.3) is 0 Å². The zero-order valence-electron chi connectivity index (χ0n) is 21.8. The lowest BCUT2D eigenvalue weighted by Gasteiger charge is -2.51. The molecule has 176 valence electrons. The quantitative estimate of drug-likeness (QED) is 0.408. The van der Waals surface area contributed by atoms with Gasteiger partial charge in [-0.05, 0) is 88.6 Å². The largest absolute Gasteiger partial charge is 0.0799 e. The first kappa shape index (κ1) is 22.7. The Balaban J connectivity index is 1.64. The molecule has 5 aliphatic rings. The first-order valence-corrected chi connectivity index (χ1v) is 13.9. The van der Waals surface area contributed by atoms with E-state index in [4.69, 9.17) is 0 Å². The van der Waals surface area contributed by atoms with Crippen molar-refractivity contribution in [2.45, 2.75) is 99.3 Å². The SMILES string of the molecule is CC(C)(C)C1=CC2C(C=C1)C1C=CC(C(C)(C)C)=CC1C2C1(C2CCCC2)CCCCC1. The van der Waals surface area contributed by atoms with Crippen LogP contribution in [0, 0.1) is 51.8 Å². The molecule has 4 unspecified atom stereocenters. The molecule has 0 amide bonds. The highest BCUT2D eigenvalue weighted by atomic mass is 14.6. The van der Waals surface area contributed by atoms with Crippen LogP contribution < -0.4 is 0 Å². The molecule has 0 spiro atoms. The molecule has 5 rings (SSSR count). The average molecular weight is 433 g/mol. The fraction of sp³-hybridized carbons (Fsp3) is 0.750. The van der Waals surface area contributed by atoms with E-state index in [9.17, 15) is 0 Å². The van der Waals surface area contributed by atoms with Gasteiger partial charge in [-0.15, -0.1) is 0 Å². The maximum absolute atomic E-state index is 2.79. The minimum absolute atomic E-state index is 0.245. The van der Waals surface area contributed by atoms with Crippen LogP contribution in [-0.2, 0) is 0 Å². The molecule has 0 aromatic heterocycles. The second-order valence-electron chi connectivity index (χ2n) is 14.1. The molecule has 0 radical (unpaired) electrons. The van der Waals surface area contributed by atoms with Crippen molar-refractivity contribution in [1.82, 2.24) is 0 Å². The van der Waals surface area contributed by atoms with Crippen LogP contribution in [0.1, 0.15) is 99.3 Å². The van der Waals surface area contributed by atoms with E-state index >= 15 is 0 Å². The summed E-state index contributed by atoms with van der Waals surface area (Å²) in [6.07, 6.45) is 29.2. The predicted molar refractivity (Wildman–Crippen MR) is 138 cm³/mol. The van der Waals surface area contributed by atoms with Gasteiger partial charge in [-0.2, -0.15) is 0 Å². The first-order chi connectivity index (χ1) is 15.1. The summed E-state index contributed by atoms with van der Waals surface area (Å²) in [6, 6.07) is 0. The van der Waals surface area contributed by atoms with E-state index in [0.29, 0.717) is 17.3 Å². The Morgan fingerprint density at radius 1 is 0.625 bits per heavy atom. The molecule has 0 nitrogen and oxygen atoms in total. The summed E-state index contributed by atoms with van der Waals surface area (Å²) in [5, 5.41) is 0. The van der Waals surface area contributed by atoms with Gasteiger partial charge >= 0.3 is 0 Å². The normalized spacial score (nSPS) is 37.1. The molecule has 5 aliphatic carbocycles. The maximum Gasteiger partial charge on any atom is -0.00952 e. The van der Waals surface area contributed by atoms with Gasteiger partial charge in [0, 0.05) is 0 Å². The van der Waals surface area contributed by atoms with Crippen LogP contribution >= 0.6 is 0 Å². The molecule has 0 aliphatic heterocycles. The summed E-state index contributed by atoms with van der Waals surface area (Å²) in [5.41, 5.74) is 4.24. The highest BCUT2D eigenvalue weighted by Crippen LogP contribution is 2.66. The van der Waals surface area contributed by atoms with Gasteiger partial charge in [0.15, 0.2) is 0 Å². The fourth-order valence-corrected chi connectivity index (χ4v) is 8.64. The Hall–Kier alpha value is -1.04. The van der Waals surface area contributed by atoms with Gasteiger partial charge in [0.25, 0.3) is 0 Å². The molecular formula is C32H48. The summed E-state index contributed by atoms with van der Waals surface area (Å²) in [4.78, 5) is 0. The third-order valence-corrected chi connectivity index (χ3v) is 10.3. The highest BCUT2D eigenvalue weighted by molar-refractivity contribution is 5.39. The summed E-state index contributed by atoms with van der Waals surface area (Å²) in [7, 11) is 0. The van der Waals surface area contributed by atoms with Crippen LogP contribution in [0.4, 0.5) is 0 Å². The number of hydrogen-bond acceptors (Lipinski definition) is 0. The second-order valence-corrected chi connectivity index (χ2v) is 14.1. The van der Waals surface area contributed by atoms with Crippen molar-refractivity contribution < 1.29 is 0 Å². The minimum atomic E-state index is 0.245. The topological polar surface area (TPSA) is 0 Å². The van der Waals surface area contributed by atoms with Crippen LogP contribution in [0.3, 0.4) is 0 Å². The van der Waals surface area contributed by atoms with E-state index in [1.165, 1.54) is 57.8 Å². The Bertz CT molecular complexity index is 768. The molecule has 0 aromatic rings. The molecule has 0 saturated heterocycles. The fourth-order valence-electron chi connectivity index (χ4n) is 8.64. The van der Waals surface area contributed by atoms with E-state index in [-0.39, 0.29) is 10.8 Å². The predicted octanol–water partition coefficient (Wildman–Crippen LogP) is 9.31. The summed E-state index contributed by atoms with van der Waals surface area (Å²) in [6.45, 7) is 14.4. The van der Waals surface area contributed by atoms with Gasteiger partial charge < -0.3 is 0 Å². The molecule has 3 saturated carbocycles. The van der Waals surface area contributed by atoms with Crippen molar-refractivity contribution in [2.24, 2.45) is 51.8 Å². The van der Waals surface area contributed by atoms with E-state index < -0.39 is 0 Å². The smallest absolute Gasteiger partial charge is 0.00952 e. The van der Waals surface area contributed by atoms with Gasteiger partial charge in [-0.25, -0.2) is 0 Å². The summed E-state index contributed by atoms with van der Waals surface area (Å²) < 4.78 is 0. The second kappa shape index (κ2) is 8.02. The molecule has 0 N–H and O–H groups in total. The zero-order valence-corrected chi connectivity index (χ0v) is 21.8. The number of fused-ring (bicyclic) bond motifs is 3. The Morgan fingerprint density at radius 2 is 1.09 bits per heavy atom. The summed E-state index contributed by atoms with van der Waals surface area (Å²) in [5.74, 6) is 4.65. The molecule has 4 atom stereocenters. The maximum atomic E-state index is 2.79. The Morgan fingerprint density at radius 3 is 1.53 bits per heavy atom. The number of hydrogen-bond donors (Lipinski definition) is 0. The van der Waals surface area contributed by atoms with E-state index in [1.807, 2.05) is 0 Å². The van der Waals surface area contributed by atoms with Crippen molar-refractivity contribution in [3.05, 3.63) is 47.6 Å². The third-order valence-electron chi connectivity index (χ3n) is 10.3. The zero-order chi connectivity index (χ0) is 22.7. The van der Waals surface area contributed by atoms with Crippen LogP contribution in [0.5, 0.6) is 0 Å². The standard InChI is InChI=1S/C32H48/c1-30(2,3)23-14-16-25-26-17-15-24(31(4,5)6)21-28(26)29(27(25)20-23)32(18-10-7-11-19-32)22-12-8-9-13-22/h14-17,20-22,25-29H,7-13,18-19H2,1-6H3. The van der Waals surface area contributed by atoms with Crippen molar-refractivity contribution in [2.75, 3.05) is 0 Å². The van der Waals surface area contributed by atoms with Crippen LogP contribution in [0.2, 0.25) is 0 Å². The van der Waals surface area contributed by atoms with Crippen molar-refractivity contribution in [1.29, 1.82) is 0 Å². The lowest BCUT2D eigenvalue weighted by atomic mass is 9.53. The molecule has 0 aromatic carbocycles. The van der Waals surface area contributed by atoms with Gasteiger partial charge in [0.2, 0.25) is 0 Å². The number of allylic oxidation sites excluding steroid dienone is 8. The molecule has 32 heavy (non-hydrogen) atoms. The van der Waals surface area contributed by atoms with Gasteiger partial charge in [0.05, 0.1) is 0 Å². The van der Waals surface area contributed by atoms with Crippen molar-refractivity contribution >= 4 is 0 Å². The van der Waals surface area contributed by atoms with Gasteiger partial charge in [-0.1, -0.05) is 110 Å². The Labute approximate surface area is 198 Å². The first-order valence-electron chi connectivity index (χ1n) is 13.9. The summed E-state index contributed by atoms with van der Waals surface area (Å²) >= 11 is 0. The minimum Gasteiger partial charge on any atom is -0.0799 e. The molecule has 0 heterocycles. The highest BCUT2D eigenvalue weighted by Gasteiger charge is 2.59. The molecule has 0 bridgehead atoms. The molecule has 3 fully saturated rings. The molecular weight excluding hydrogens is 384 g/mol. The number of rotatable bonds is 2. The van der Waals surface area contributed by atoms with Crippen LogP contribution in [0.15, 0.2) is 47.6 Å². The Kier molecular flexibility index (Phi) is 5.70. The average Bonchev–Trinajstić information content (AvgIpc) is 3.39. The monoisotopic (exact) mass is 432 g/mol.